The maximum Gasteiger partial charge on any atom is 0.353 e. The second-order valence-corrected chi connectivity index (χ2v) is 6.59. The Morgan fingerprint density at radius 1 is 0.778 bits per heavy atom. The van der Waals surface area contributed by atoms with E-state index in [1.54, 1.807) is 0 Å². The molecule has 1 fully saturated rings. The molecule has 1 rings (SSSR count). The van der Waals surface area contributed by atoms with Crippen LogP contribution in [0.25, 0.3) is 0 Å². The third-order valence-corrected chi connectivity index (χ3v) is 4.15. The predicted molar refractivity (Wildman–Crippen MR) is 87.0 cm³/mol. The third kappa shape index (κ3) is 5.63. The molecule has 1 saturated heterocycles. The van der Waals surface area contributed by atoms with Gasteiger partial charge in [-0.3, -0.25) is 19.2 Å². The maximum atomic E-state index is 12.3. The van der Waals surface area contributed by atoms with Crippen LogP contribution >= 0.6 is 15.9 Å². The Morgan fingerprint density at radius 2 is 1.22 bits per heavy atom. The Hall–Kier alpha value is -2.21. The van der Waals surface area contributed by atoms with Gasteiger partial charge in [0.2, 0.25) is 12.4 Å². The lowest BCUT2D eigenvalue weighted by Gasteiger charge is -2.46. The summed E-state index contributed by atoms with van der Waals surface area (Å²) < 4.78 is 28.1. The highest BCUT2D eigenvalue weighted by atomic mass is 79.9. The zero-order valence-corrected chi connectivity index (χ0v) is 16.8. The highest BCUT2D eigenvalue weighted by Gasteiger charge is 2.64. The van der Waals surface area contributed by atoms with Crippen LogP contribution in [0.5, 0.6) is 0 Å². The fraction of sp³-hybridized carbons (Fsp3) is 0.667. The molecule has 0 aromatic heterocycles. The number of ether oxygens (including phenoxy) is 6. The monoisotopic (exact) mass is 454 g/mol. The van der Waals surface area contributed by atoms with Crippen LogP contribution in [0.15, 0.2) is 0 Å². The number of esters is 5. The van der Waals surface area contributed by atoms with Crippen LogP contribution in [-0.4, -0.2) is 66.1 Å². The van der Waals surface area contributed by atoms with Crippen molar-refractivity contribution in [1.29, 1.82) is 0 Å². The van der Waals surface area contributed by atoms with Crippen LogP contribution in [0.2, 0.25) is 0 Å². The molecule has 0 aromatic rings. The van der Waals surface area contributed by atoms with Crippen molar-refractivity contribution in [3.63, 3.8) is 0 Å². The number of rotatable bonds is 5. The van der Waals surface area contributed by atoms with Gasteiger partial charge in [0.25, 0.3) is 4.51 Å². The standard InChI is InChI=1S/C15H19BrO11/c1-6(17)23-10-11(24-7(2)18)13(26-9(4)20)27-15(16,14(21)22-5)12(10)25-8(3)19/h10-13H,1-5H3/t10-,11-,12+,13-,15+/m1/s1. The third-order valence-electron chi connectivity index (χ3n) is 3.19. The summed E-state index contributed by atoms with van der Waals surface area (Å²) in [7, 11) is 1.03. The first-order valence-corrected chi connectivity index (χ1v) is 8.35. The molecule has 0 aliphatic carbocycles. The number of methoxy groups -OCH3 is 1. The van der Waals surface area contributed by atoms with E-state index in [1.807, 2.05) is 0 Å². The Morgan fingerprint density at radius 3 is 1.63 bits per heavy atom. The van der Waals surface area contributed by atoms with Crippen LogP contribution in [0.3, 0.4) is 0 Å². The quantitative estimate of drug-likeness (QED) is 0.313. The number of hydrogen-bond donors (Lipinski definition) is 0. The van der Waals surface area contributed by atoms with Gasteiger partial charge in [-0.25, -0.2) is 4.79 Å². The van der Waals surface area contributed by atoms with E-state index in [4.69, 9.17) is 23.7 Å². The number of hydrogen-bond acceptors (Lipinski definition) is 11. The van der Waals surface area contributed by atoms with Gasteiger partial charge in [0.15, 0.2) is 12.2 Å². The highest BCUT2D eigenvalue weighted by molar-refractivity contribution is 9.10. The van der Waals surface area contributed by atoms with Crippen molar-refractivity contribution in [2.24, 2.45) is 0 Å². The molecule has 0 unspecified atom stereocenters. The van der Waals surface area contributed by atoms with Crippen molar-refractivity contribution < 1.29 is 52.4 Å². The van der Waals surface area contributed by atoms with Crippen molar-refractivity contribution in [1.82, 2.24) is 0 Å². The van der Waals surface area contributed by atoms with Crippen molar-refractivity contribution in [3.05, 3.63) is 0 Å². The van der Waals surface area contributed by atoms with Gasteiger partial charge in [0, 0.05) is 27.7 Å². The van der Waals surface area contributed by atoms with E-state index < -0.39 is 59.0 Å². The van der Waals surface area contributed by atoms with Gasteiger partial charge < -0.3 is 28.4 Å². The fourth-order valence-electron chi connectivity index (χ4n) is 2.36. The molecule has 0 aromatic carbocycles. The van der Waals surface area contributed by atoms with Crippen LogP contribution in [-0.2, 0) is 52.4 Å². The van der Waals surface area contributed by atoms with Gasteiger partial charge in [-0.05, 0) is 15.9 Å². The number of carbonyl (C=O) groups is 5. The molecular weight excluding hydrogens is 436 g/mol. The molecule has 12 heteroatoms. The Bertz CT molecular complexity index is 633. The van der Waals surface area contributed by atoms with Gasteiger partial charge in [-0.2, -0.15) is 0 Å². The van der Waals surface area contributed by atoms with Gasteiger partial charge in [0.05, 0.1) is 7.11 Å². The number of alkyl halides is 1. The van der Waals surface area contributed by atoms with E-state index in [1.165, 1.54) is 0 Å². The van der Waals surface area contributed by atoms with Gasteiger partial charge in [-0.1, -0.05) is 0 Å². The van der Waals surface area contributed by atoms with Gasteiger partial charge >= 0.3 is 29.8 Å². The van der Waals surface area contributed by atoms with Crippen LogP contribution in [0.4, 0.5) is 0 Å². The second kappa shape index (κ2) is 9.13. The van der Waals surface area contributed by atoms with Gasteiger partial charge in [0.1, 0.15) is 0 Å². The summed E-state index contributed by atoms with van der Waals surface area (Å²) in [4.78, 5) is 58.3. The molecule has 11 nitrogen and oxygen atoms in total. The Labute approximate surface area is 162 Å². The summed E-state index contributed by atoms with van der Waals surface area (Å²) in [6.45, 7) is 4.17. The van der Waals surface area contributed by atoms with E-state index >= 15 is 0 Å². The molecule has 1 aliphatic rings. The minimum Gasteiger partial charge on any atom is -0.466 e. The van der Waals surface area contributed by atoms with E-state index in [9.17, 15) is 24.0 Å². The molecule has 0 radical (unpaired) electrons. The Balaban J connectivity index is 3.52. The summed E-state index contributed by atoms with van der Waals surface area (Å²) >= 11 is 2.97. The second-order valence-electron chi connectivity index (χ2n) is 5.41. The lowest BCUT2D eigenvalue weighted by molar-refractivity contribution is -0.300. The molecular formula is C15H19BrO11. The van der Waals surface area contributed by atoms with Crippen molar-refractivity contribution >= 4 is 45.8 Å². The first kappa shape index (κ1) is 22.8. The van der Waals surface area contributed by atoms with E-state index in [-0.39, 0.29) is 0 Å². The molecule has 152 valence electrons. The smallest absolute Gasteiger partial charge is 0.353 e. The minimum atomic E-state index is -2.22. The minimum absolute atomic E-state index is 0.834. The molecule has 0 saturated carbocycles. The van der Waals surface area contributed by atoms with E-state index in [0.29, 0.717) is 0 Å². The Kier molecular flexibility index (Phi) is 7.72. The average molecular weight is 455 g/mol. The fourth-order valence-corrected chi connectivity index (χ4v) is 3.06. The predicted octanol–water partition coefficient (Wildman–Crippen LogP) is -0.0349. The molecule has 27 heavy (non-hydrogen) atoms. The lowest BCUT2D eigenvalue weighted by Crippen LogP contribution is -2.68. The van der Waals surface area contributed by atoms with Crippen LogP contribution in [0, 0.1) is 0 Å². The van der Waals surface area contributed by atoms with Crippen molar-refractivity contribution in [2.75, 3.05) is 7.11 Å². The summed E-state index contributed by atoms with van der Waals surface area (Å²) in [5.74, 6) is -4.47. The molecule has 0 bridgehead atoms. The summed E-state index contributed by atoms with van der Waals surface area (Å²) in [5.41, 5.74) is 0. The molecule has 0 spiro atoms. The van der Waals surface area contributed by atoms with E-state index in [2.05, 4.69) is 20.7 Å². The highest BCUT2D eigenvalue weighted by Crippen LogP contribution is 2.41. The number of carbonyl (C=O) groups excluding carboxylic acids is 5. The van der Waals surface area contributed by atoms with Crippen molar-refractivity contribution in [3.8, 4) is 0 Å². The lowest BCUT2D eigenvalue weighted by atomic mass is 9.97. The first-order chi connectivity index (χ1) is 12.4. The zero-order chi connectivity index (χ0) is 20.9. The van der Waals surface area contributed by atoms with Crippen LogP contribution < -0.4 is 0 Å². The molecule has 0 N–H and O–H groups in total. The molecule has 1 heterocycles. The number of halogens is 1. The topological polar surface area (TPSA) is 141 Å². The summed E-state index contributed by atoms with van der Waals surface area (Å²) in [6.07, 6.45) is -6.41. The zero-order valence-electron chi connectivity index (χ0n) is 15.2. The molecule has 0 amide bonds. The molecule has 1 aliphatic heterocycles. The van der Waals surface area contributed by atoms with Gasteiger partial charge in [-0.15, -0.1) is 0 Å². The molecule has 5 atom stereocenters. The maximum absolute atomic E-state index is 12.3. The van der Waals surface area contributed by atoms with Crippen molar-refractivity contribution in [2.45, 2.75) is 56.8 Å². The van der Waals surface area contributed by atoms with Crippen LogP contribution in [0.1, 0.15) is 27.7 Å². The largest absolute Gasteiger partial charge is 0.466 e. The first-order valence-electron chi connectivity index (χ1n) is 7.56. The average Bonchev–Trinajstić information content (AvgIpc) is 2.52. The SMILES string of the molecule is COC(=O)[C@@]1(Br)O[C@@H](OC(C)=O)[C@H](OC(C)=O)[C@@H](OC(C)=O)[C@@H]1OC(C)=O. The summed E-state index contributed by atoms with van der Waals surface area (Å²) in [6, 6.07) is 0. The van der Waals surface area contributed by atoms with E-state index in [0.717, 1.165) is 34.8 Å². The summed E-state index contributed by atoms with van der Waals surface area (Å²) in [5, 5.41) is 0. The normalized spacial score (nSPS) is 29.9.